The van der Waals surface area contributed by atoms with Gasteiger partial charge in [-0.05, 0) is 18.5 Å². The Balaban J connectivity index is 1.66. The number of morpholine rings is 1. The van der Waals surface area contributed by atoms with Gasteiger partial charge in [-0.1, -0.05) is 11.2 Å². The molecule has 0 unspecified atom stereocenters. The SMILES string of the molecule is Cc1nc(CN(C)C[C@@H](c2cccs2)N2CCOCC2)no1. The molecule has 1 fully saturated rings. The van der Waals surface area contributed by atoms with Gasteiger partial charge in [0.1, 0.15) is 0 Å². The molecule has 1 aliphatic rings. The van der Waals surface area contributed by atoms with Crippen molar-refractivity contribution in [2.24, 2.45) is 0 Å². The fourth-order valence-electron chi connectivity index (χ4n) is 2.76. The smallest absolute Gasteiger partial charge is 0.223 e. The Morgan fingerprint density at radius 1 is 1.41 bits per heavy atom. The number of likely N-dealkylation sites (N-methyl/N-ethyl adjacent to an activating group) is 1. The number of rotatable bonds is 6. The minimum Gasteiger partial charge on any atom is -0.379 e. The second-order valence-corrected chi connectivity index (χ2v) is 6.59. The van der Waals surface area contributed by atoms with Crippen molar-refractivity contribution in [3.63, 3.8) is 0 Å². The molecule has 2 aromatic heterocycles. The van der Waals surface area contributed by atoms with Crippen LogP contribution in [0.15, 0.2) is 22.0 Å². The Hall–Kier alpha value is -1.28. The van der Waals surface area contributed by atoms with Crippen LogP contribution >= 0.6 is 11.3 Å². The maximum atomic E-state index is 5.49. The third-order valence-corrected chi connectivity index (χ3v) is 4.80. The van der Waals surface area contributed by atoms with Crippen LogP contribution in [-0.4, -0.2) is 59.8 Å². The van der Waals surface area contributed by atoms with E-state index in [1.165, 1.54) is 4.88 Å². The first-order valence-corrected chi connectivity index (χ1v) is 8.43. The number of aromatic nitrogens is 2. The van der Waals surface area contributed by atoms with Gasteiger partial charge in [0.2, 0.25) is 5.89 Å². The number of hydrogen-bond acceptors (Lipinski definition) is 7. The molecule has 0 aromatic carbocycles. The van der Waals surface area contributed by atoms with Gasteiger partial charge in [-0.25, -0.2) is 0 Å². The predicted molar refractivity (Wildman–Crippen MR) is 84.8 cm³/mol. The van der Waals surface area contributed by atoms with Gasteiger partial charge in [-0.2, -0.15) is 4.98 Å². The van der Waals surface area contributed by atoms with Crippen LogP contribution in [0.3, 0.4) is 0 Å². The van der Waals surface area contributed by atoms with Crippen molar-refractivity contribution in [3.05, 3.63) is 34.1 Å². The second kappa shape index (κ2) is 7.32. The van der Waals surface area contributed by atoms with E-state index >= 15 is 0 Å². The molecular weight excluding hydrogens is 300 g/mol. The summed E-state index contributed by atoms with van der Waals surface area (Å²) < 4.78 is 10.5. The van der Waals surface area contributed by atoms with E-state index in [0.717, 1.165) is 38.7 Å². The van der Waals surface area contributed by atoms with Crippen molar-refractivity contribution < 1.29 is 9.26 Å². The van der Waals surface area contributed by atoms with Crippen molar-refractivity contribution in [2.75, 3.05) is 39.9 Å². The first-order valence-electron chi connectivity index (χ1n) is 7.55. The van der Waals surface area contributed by atoms with E-state index in [4.69, 9.17) is 9.26 Å². The van der Waals surface area contributed by atoms with Crippen molar-refractivity contribution in [3.8, 4) is 0 Å². The van der Waals surface area contributed by atoms with Gasteiger partial charge in [0.25, 0.3) is 0 Å². The molecule has 0 N–H and O–H groups in total. The largest absolute Gasteiger partial charge is 0.379 e. The highest BCUT2D eigenvalue weighted by Gasteiger charge is 2.25. The molecule has 0 bridgehead atoms. The predicted octanol–water partition coefficient (Wildman–Crippen LogP) is 1.94. The molecule has 3 heterocycles. The van der Waals surface area contributed by atoms with Crippen molar-refractivity contribution in [1.29, 1.82) is 0 Å². The molecule has 0 saturated carbocycles. The van der Waals surface area contributed by atoms with Crippen LogP contribution in [0.1, 0.15) is 22.6 Å². The molecule has 0 amide bonds. The summed E-state index contributed by atoms with van der Waals surface area (Å²) in [6.07, 6.45) is 0. The Morgan fingerprint density at radius 3 is 2.86 bits per heavy atom. The molecule has 22 heavy (non-hydrogen) atoms. The lowest BCUT2D eigenvalue weighted by atomic mass is 10.1. The minimum absolute atomic E-state index is 0.391. The van der Waals surface area contributed by atoms with Gasteiger partial charge in [-0.3, -0.25) is 9.80 Å². The topological polar surface area (TPSA) is 54.6 Å². The molecule has 7 heteroatoms. The Morgan fingerprint density at radius 2 is 2.23 bits per heavy atom. The van der Waals surface area contributed by atoms with E-state index in [2.05, 4.69) is 44.5 Å². The summed E-state index contributed by atoms with van der Waals surface area (Å²) >= 11 is 1.82. The summed E-state index contributed by atoms with van der Waals surface area (Å²) in [5, 5.41) is 6.12. The average molecular weight is 322 g/mol. The van der Waals surface area contributed by atoms with E-state index in [9.17, 15) is 0 Å². The second-order valence-electron chi connectivity index (χ2n) is 5.61. The van der Waals surface area contributed by atoms with Gasteiger partial charge in [0.15, 0.2) is 5.82 Å². The number of hydrogen-bond donors (Lipinski definition) is 0. The van der Waals surface area contributed by atoms with Crippen LogP contribution in [-0.2, 0) is 11.3 Å². The zero-order valence-electron chi connectivity index (χ0n) is 13.1. The van der Waals surface area contributed by atoms with Crippen LogP contribution < -0.4 is 0 Å². The van der Waals surface area contributed by atoms with Crippen LogP contribution in [0.25, 0.3) is 0 Å². The lowest BCUT2D eigenvalue weighted by Crippen LogP contribution is -2.42. The lowest BCUT2D eigenvalue weighted by molar-refractivity contribution is 0.00946. The van der Waals surface area contributed by atoms with Crippen LogP contribution in [0, 0.1) is 6.92 Å². The normalized spacial score (nSPS) is 18.0. The molecule has 0 aliphatic carbocycles. The number of aryl methyl sites for hydroxylation is 1. The first-order chi connectivity index (χ1) is 10.7. The van der Waals surface area contributed by atoms with Crippen molar-refractivity contribution >= 4 is 11.3 Å². The molecule has 2 aromatic rings. The lowest BCUT2D eigenvalue weighted by Gasteiger charge is -2.36. The summed E-state index contributed by atoms with van der Waals surface area (Å²) in [5.74, 6) is 1.36. The Labute approximate surface area is 134 Å². The van der Waals surface area contributed by atoms with Gasteiger partial charge in [-0.15, -0.1) is 11.3 Å². The van der Waals surface area contributed by atoms with E-state index < -0.39 is 0 Å². The van der Waals surface area contributed by atoms with Gasteiger partial charge >= 0.3 is 0 Å². The third kappa shape index (κ3) is 3.92. The summed E-state index contributed by atoms with van der Waals surface area (Å²) in [5.41, 5.74) is 0. The molecule has 120 valence electrons. The first kappa shape index (κ1) is 15.6. The molecule has 6 nitrogen and oxygen atoms in total. The van der Waals surface area contributed by atoms with Crippen LogP contribution in [0.5, 0.6) is 0 Å². The molecule has 0 spiro atoms. The fourth-order valence-corrected chi connectivity index (χ4v) is 3.61. The summed E-state index contributed by atoms with van der Waals surface area (Å²) in [7, 11) is 2.10. The Bertz CT molecular complexity index is 566. The molecule has 1 atom stereocenters. The van der Waals surface area contributed by atoms with E-state index in [1.807, 2.05) is 18.3 Å². The molecule has 1 saturated heterocycles. The molecular formula is C15H22N4O2S. The van der Waals surface area contributed by atoms with Gasteiger partial charge in [0.05, 0.1) is 25.8 Å². The summed E-state index contributed by atoms with van der Waals surface area (Å²) in [6, 6.07) is 4.73. The standard InChI is InChI=1S/C15H22N4O2S/c1-12-16-15(17-21-12)11-18(2)10-13(14-4-3-9-22-14)19-5-7-20-8-6-19/h3-4,9,13H,5-8,10-11H2,1-2H3/t13-/m0/s1. The minimum atomic E-state index is 0.391. The van der Waals surface area contributed by atoms with Gasteiger partial charge < -0.3 is 9.26 Å². The number of thiophene rings is 1. The highest BCUT2D eigenvalue weighted by Crippen LogP contribution is 2.27. The van der Waals surface area contributed by atoms with Crippen LogP contribution in [0.2, 0.25) is 0 Å². The molecule has 0 radical (unpaired) electrons. The van der Waals surface area contributed by atoms with E-state index in [1.54, 1.807) is 0 Å². The zero-order chi connectivity index (χ0) is 15.4. The zero-order valence-corrected chi connectivity index (χ0v) is 13.9. The number of nitrogens with zero attached hydrogens (tertiary/aromatic N) is 4. The van der Waals surface area contributed by atoms with Gasteiger partial charge in [0, 0.05) is 31.4 Å². The highest BCUT2D eigenvalue weighted by atomic mass is 32.1. The summed E-state index contributed by atoms with van der Waals surface area (Å²) in [4.78, 5) is 10.4. The highest BCUT2D eigenvalue weighted by molar-refractivity contribution is 7.10. The summed E-state index contributed by atoms with van der Waals surface area (Å²) in [6.45, 7) is 7.05. The number of ether oxygens (including phenoxy) is 1. The third-order valence-electron chi connectivity index (χ3n) is 3.82. The van der Waals surface area contributed by atoms with Crippen molar-refractivity contribution in [1.82, 2.24) is 19.9 Å². The van der Waals surface area contributed by atoms with Crippen molar-refractivity contribution in [2.45, 2.75) is 19.5 Å². The van der Waals surface area contributed by atoms with E-state index in [-0.39, 0.29) is 0 Å². The Kier molecular flexibility index (Phi) is 5.20. The maximum Gasteiger partial charge on any atom is 0.223 e. The average Bonchev–Trinajstić information content (AvgIpc) is 3.18. The molecule has 1 aliphatic heterocycles. The fraction of sp³-hybridized carbons (Fsp3) is 0.600. The maximum absolute atomic E-state index is 5.49. The quantitative estimate of drug-likeness (QED) is 0.810. The van der Waals surface area contributed by atoms with Crippen LogP contribution in [0.4, 0.5) is 0 Å². The monoisotopic (exact) mass is 322 g/mol. The molecule has 3 rings (SSSR count). The van der Waals surface area contributed by atoms with E-state index in [0.29, 0.717) is 18.5 Å².